The van der Waals surface area contributed by atoms with Crippen molar-refractivity contribution in [2.45, 2.75) is 25.8 Å². The van der Waals surface area contributed by atoms with E-state index in [0.717, 1.165) is 15.3 Å². The molecule has 0 bridgehead atoms. The lowest BCUT2D eigenvalue weighted by atomic mass is 10.00. The minimum Gasteiger partial charge on any atom is -0.452 e. The molecule has 3 rings (SSSR count). The van der Waals surface area contributed by atoms with Gasteiger partial charge in [-0.05, 0) is 37.1 Å². The van der Waals surface area contributed by atoms with Gasteiger partial charge in [-0.3, -0.25) is 15.0 Å². The van der Waals surface area contributed by atoms with Crippen molar-refractivity contribution in [3.05, 3.63) is 53.4 Å². The first kappa shape index (κ1) is 21.3. The van der Waals surface area contributed by atoms with Crippen molar-refractivity contribution in [3.8, 4) is 10.4 Å². The number of carbonyl (C=O) groups is 4. The zero-order valence-electron chi connectivity index (χ0n) is 16.5. The molecule has 1 aliphatic rings. The molecule has 0 spiro atoms. The van der Waals surface area contributed by atoms with Gasteiger partial charge in [-0.2, -0.15) is 5.01 Å². The van der Waals surface area contributed by atoms with Gasteiger partial charge in [0.25, 0.3) is 11.8 Å². The number of carbonyl (C=O) groups excluding carboxylic acids is 4. The van der Waals surface area contributed by atoms with Crippen LogP contribution in [0.1, 0.15) is 25.1 Å². The monoisotopic (exact) mass is 427 g/mol. The maximum absolute atomic E-state index is 12.2. The van der Waals surface area contributed by atoms with Crippen molar-refractivity contribution in [2.75, 3.05) is 6.61 Å². The average Bonchev–Trinajstić information content (AvgIpc) is 3.30. The van der Waals surface area contributed by atoms with Gasteiger partial charge >= 0.3 is 12.0 Å². The molecule has 0 saturated carbocycles. The van der Waals surface area contributed by atoms with Gasteiger partial charge in [0.1, 0.15) is 5.54 Å². The van der Waals surface area contributed by atoms with Gasteiger partial charge in [-0.15, -0.1) is 11.3 Å². The molecule has 1 aromatic heterocycles. The molecule has 30 heavy (non-hydrogen) atoms. The number of urea groups is 1. The first-order valence-corrected chi connectivity index (χ1v) is 10.1. The Kier molecular flexibility index (Phi) is 6.31. The standard InChI is InChI=1S/C21H21N3O5S/c1-3-21(2)19(27)24(20(28)22-21)23-17(25)13-29-18(26)12-10-15-9-11-16(30-15)14-7-5-4-6-8-14/h4-12H,3,13H2,1-2H3,(H,22,28)(H,23,25)/b12-10+. The van der Waals surface area contributed by atoms with Crippen molar-refractivity contribution in [1.29, 1.82) is 0 Å². The number of hydrazine groups is 1. The van der Waals surface area contributed by atoms with Crippen molar-refractivity contribution in [1.82, 2.24) is 15.8 Å². The lowest BCUT2D eigenvalue weighted by Gasteiger charge is -2.19. The van der Waals surface area contributed by atoms with Gasteiger partial charge in [-0.25, -0.2) is 9.59 Å². The van der Waals surface area contributed by atoms with Gasteiger partial charge in [0.05, 0.1) is 0 Å². The minimum atomic E-state index is -1.07. The number of amides is 4. The van der Waals surface area contributed by atoms with E-state index in [1.165, 1.54) is 17.4 Å². The van der Waals surface area contributed by atoms with E-state index in [9.17, 15) is 19.2 Å². The largest absolute Gasteiger partial charge is 0.452 e. The molecule has 4 amide bonds. The van der Waals surface area contributed by atoms with E-state index in [-0.39, 0.29) is 0 Å². The average molecular weight is 427 g/mol. The fourth-order valence-corrected chi connectivity index (χ4v) is 3.63. The summed E-state index contributed by atoms with van der Waals surface area (Å²) in [4.78, 5) is 49.8. The Hall–Kier alpha value is -3.46. The van der Waals surface area contributed by atoms with Crippen LogP contribution in [0.4, 0.5) is 4.79 Å². The van der Waals surface area contributed by atoms with E-state index < -0.39 is 36.0 Å². The fourth-order valence-electron chi connectivity index (χ4n) is 2.72. The maximum Gasteiger partial charge on any atom is 0.344 e. The number of hydrogen-bond acceptors (Lipinski definition) is 6. The molecule has 0 aliphatic carbocycles. The number of ether oxygens (including phenoxy) is 1. The highest BCUT2D eigenvalue weighted by Crippen LogP contribution is 2.28. The van der Waals surface area contributed by atoms with Crippen LogP contribution >= 0.6 is 11.3 Å². The number of imide groups is 1. The van der Waals surface area contributed by atoms with E-state index in [0.29, 0.717) is 11.4 Å². The number of thiophene rings is 1. The molecular formula is C21H21N3O5S. The molecule has 2 aromatic rings. The molecule has 156 valence electrons. The molecule has 1 unspecified atom stereocenters. The summed E-state index contributed by atoms with van der Waals surface area (Å²) >= 11 is 1.51. The van der Waals surface area contributed by atoms with Crippen molar-refractivity contribution in [2.24, 2.45) is 0 Å². The normalized spacial score (nSPS) is 18.5. The second-order valence-electron chi connectivity index (χ2n) is 6.80. The molecule has 1 atom stereocenters. The van der Waals surface area contributed by atoms with Crippen LogP contribution in [0.3, 0.4) is 0 Å². The van der Waals surface area contributed by atoms with Crippen LogP contribution < -0.4 is 10.7 Å². The van der Waals surface area contributed by atoms with E-state index in [1.807, 2.05) is 42.5 Å². The molecule has 1 saturated heterocycles. The number of benzene rings is 1. The van der Waals surface area contributed by atoms with Crippen molar-refractivity contribution >= 4 is 41.2 Å². The topological polar surface area (TPSA) is 105 Å². The summed E-state index contributed by atoms with van der Waals surface area (Å²) in [6.45, 7) is 2.69. The van der Waals surface area contributed by atoms with Crippen LogP contribution in [0.2, 0.25) is 0 Å². The summed E-state index contributed by atoms with van der Waals surface area (Å²) in [7, 11) is 0. The third kappa shape index (κ3) is 4.74. The SMILES string of the molecule is CCC1(C)NC(=O)N(NC(=O)COC(=O)/C=C/c2ccc(-c3ccccc3)s2)C1=O. The summed E-state index contributed by atoms with van der Waals surface area (Å²) in [5, 5.41) is 3.11. The molecular weight excluding hydrogens is 406 g/mol. The van der Waals surface area contributed by atoms with E-state index >= 15 is 0 Å². The predicted octanol–water partition coefficient (Wildman–Crippen LogP) is 2.72. The first-order valence-electron chi connectivity index (χ1n) is 9.28. The van der Waals surface area contributed by atoms with E-state index in [4.69, 9.17) is 4.74 Å². The molecule has 9 heteroatoms. The predicted molar refractivity (Wildman–Crippen MR) is 112 cm³/mol. The highest BCUT2D eigenvalue weighted by molar-refractivity contribution is 7.16. The highest BCUT2D eigenvalue weighted by atomic mass is 32.1. The third-order valence-electron chi connectivity index (χ3n) is 4.62. The molecule has 2 N–H and O–H groups in total. The summed E-state index contributed by atoms with van der Waals surface area (Å²) in [5.74, 6) is -2.07. The summed E-state index contributed by atoms with van der Waals surface area (Å²) in [5.41, 5.74) is 2.17. The Morgan fingerprint density at radius 1 is 1.20 bits per heavy atom. The maximum atomic E-state index is 12.2. The van der Waals surface area contributed by atoms with Crippen LogP contribution in [0, 0.1) is 0 Å². The molecule has 1 aromatic carbocycles. The van der Waals surface area contributed by atoms with Crippen LogP contribution in [-0.4, -0.2) is 41.0 Å². The zero-order valence-corrected chi connectivity index (χ0v) is 17.3. The van der Waals surface area contributed by atoms with E-state index in [2.05, 4.69) is 10.7 Å². The smallest absolute Gasteiger partial charge is 0.344 e. The van der Waals surface area contributed by atoms with Gasteiger partial charge in [-0.1, -0.05) is 37.3 Å². The number of nitrogens with zero attached hydrogens (tertiary/aromatic N) is 1. The summed E-state index contributed by atoms with van der Waals surface area (Å²) < 4.78 is 4.87. The van der Waals surface area contributed by atoms with Gasteiger partial charge < -0.3 is 10.1 Å². The molecule has 2 heterocycles. The Morgan fingerprint density at radius 2 is 1.93 bits per heavy atom. The Bertz CT molecular complexity index is 1000. The number of rotatable bonds is 7. The van der Waals surface area contributed by atoms with Crippen LogP contribution in [0.5, 0.6) is 0 Å². The third-order valence-corrected chi connectivity index (χ3v) is 5.72. The second-order valence-corrected chi connectivity index (χ2v) is 7.92. The first-order chi connectivity index (χ1) is 14.3. The van der Waals surface area contributed by atoms with Crippen molar-refractivity contribution in [3.63, 3.8) is 0 Å². The summed E-state index contributed by atoms with van der Waals surface area (Å²) in [6, 6.07) is 13.0. The lowest BCUT2D eigenvalue weighted by Crippen LogP contribution is -2.49. The van der Waals surface area contributed by atoms with Crippen molar-refractivity contribution < 1.29 is 23.9 Å². The Morgan fingerprint density at radius 3 is 2.60 bits per heavy atom. The zero-order chi connectivity index (χ0) is 21.7. The lowest BCUT2D eigenvalue weighted by molar-refractivity contribution is -0.147. The summed E-state index contributed by atoms with van der Waals surface area (Å²) in [6.07, 6.45) is 3.19. The fraction of sp³-hybridized carbons (Fsp3) is 0.238. The van der Waals surface area contributed by atoms with Crippen LogP contribution in [0.25, 0.3) is 16.5 Å². The van der Waals surface area contributed by atoms with E-state index in [1.54, 1.807) is 19.9 Å². The quantitative estimate of drug-likeness (QED) is 0.402. The van der Waals surface area contributed by atoms with Crippen LogP contribution in [0.15, 0.2) is 48.5 Å². The number of nitrogens with one attached hydrogen (secondary N) is 2. The van der Waals surface area contributed by atoms with Gasteiger partial charge in [0, 0.05) is 15.8 Å². The number of esters is 1. The molecule has 1 fully saturated rings. The number of hydrogen-bond donors (Lipinski definition) is 2. The van der Waals surface area contributed by atoms with Gasteiger partial charge in [0.15, 0.2) is 6.61 Å². The second kappa shape index (κ2) is 8.91. The van der Waals surface area contributed by atoms with Gasteiger partial charge in [0.2, 0.25) is 0 Å². The molecule has 0 radical (unpaired) electrons. The Labute approximate surface area is 177 Å². The highest BCUT2D eigenvalue weighted by Gasteiger charge is 2.47. The minimum absolute atomic E-state index is 0.373. The van der Waals surface area contributed by atoms with Crippen LogP contribution in [-0.2, 0) is 19.1 Å². The Balaban J connectivity index is 1.49. The molecule has 1 aliphatic heterocycles. The molecule has 8 nitrogen and oxygen atoms in total.